The first-order valence-electron chi connectivity index (χ1n) is 18.0. The molecule has 0 radical (unpaired) electrons. The Morgan fingerprint density at radius 3 is 1.89 bits per heavy atom. The van der Waals surface area contributed by atoms with Gasteiger partial charge in [-0.15, -0.1) is 11.3 Å². The van der Waals surface area contributed by atoms with E-state index in [9.17, 15) is 0 Å². The lowest BCUT2D eigenvalue weighted by molar-refractivity contribution is 0.630. The van der Waals surface area contributed by atoms with Gasteiger partial charge in [0.1, 0.15) is 0 Å². The van der Waals surface area contributed by atoms with Crippen LogP contribution in [0.2, 0.25) is 0 Å². The average molecular weight is 697 g/mol. The first-order chi connectivity index (χ1) is 26.0. The standard InChI is InChI=1S/C48H32N4S/c1-48(2)37-20-10-12-22-40(37)52-39-21-11-9-18-34(39)36-26-32(27-38(48)44(36)52)33-19-13-23-41-43(33)35-25-24-31(28-42(35)53-41)47-50-45(29-14-5-3-6-15-29)49-46(51-47)30-16-7-4-8-17-30/h3-28H,1-2H3. The smallest absolute Gasteiger partial charge is 0.164 e. The summed E-state index contributed by atoms with van der Waals surface area (Å²) in [5.74, 6) is 2.00. The summed E-state index contributed by atoms with van der Waals surface area (Å²) in [5, 5.41) is 5.11. The topological polar surface area (TPSA) is 43.6 Å². The van der Waals surface area contributed by atoms with E-state index in [1.54, 1.807) is 0 Å². The Hall–Kier alpha value is -6.43. The highest BCUT2D eigenvalue weighted by molar-refractivity contribution is 7.26. The fourth-order valence-corrected chi connectivity index (χ4v) is 9.64. The van der Waals surface area contributed by atoms with E-state index in [2.05, 4.69) is 115 Å². The fourth-order valence-electron chi connectivity index (χ4n) is 8.47. The maximum atomic E-state index is 5.02. The zero-order valence-electron chi connectivity index (χ0n) is 29.2. The van der Waals surface area contributed by atoms with Gasteiger partial charge in [-0.3, -0.25) is 0 Å². The summed E-state index contributed by atoms with van der Waals surface area (Å²) in [5.41, 5.74) is 11.8. The van der Waals surface area contributed by atoms with E-state index in [1.807, 2.05) is 72.0 Å². The van der Waals surface area contributed by atoms with Crippen LogP contribution < -0.4 is 0 Å². The molecule has 0 fully saturated rings. The molecule has 53 heavy (non-hydrogen) atoms. The third kappa shape index (κ3) is 4.51. The van der Waals surface area contributed by atoms with E-state index in [4.69, 9.17) is 15.0 Å². The van der Waals surface area contributed by atoms with E-state index < -0.39 is 0 Å². The molecule has 0 N–H and O–H groups in total. The van der Waals surface area contributed by atoms with Gasteiger partial charge in [0.05, 0.1) is 16.7 Å². The number of aromatic nitrogens is 4. The number of nitrogens with zero attached hydrogens (tertiary/aromatic N) is 4. The number of para-hydroxylation sites is 2. The minimum Gasteiger partial charge on any atom is -0.309 e. The summed E-state index contributed by atoms with van der Waals surface area (Å²) in [6.07, 6.45) is 0. The highest BCUT2D eigenvalue weighted by Gasteiger charge is 2.35. The summed E-state index contributed by atoms with van der Waals surface area (Å²) >= 11 is 1.83. The van der Waals surface area contributed by atoms with Crippen molar-refractivity contribution >= 4 is 53.3 Å². The van der Waals surface area contributed by atoms with Gasteiger partial charge in [0.25, 0.3) is 0 Å². The Bertz CT molecular complexity index is 3020. The van der Waals surface area contributed by atoms with Crippen molar-refractivity contribution in [2.45, 2.75) is 19.3 Å². The highest BCUT2D eigenvalue weighted by Crippen LogP contribution is 2.50. The summed E-state index contributed by atoms with van der Waals surface area (Å²) in [4.78, 5) is 14.9. The number of thiophene rings is 1. The largest absolute Gasteiger partial charge is 0.309 e. The normalized spacial score (nSPS) is 13.2. The van der Waals surface area contributed by atoms with E-state index in [-0.39, 0.29) is 5.41 Å². The maximum Gasteiger partial charge on any atom is 0.164 e. The van der Waals surface area contributed by atoms with Gasteiger partial charge >= 0.3 is 0 Å². The lowest BCUT2D eigenvalue weighted by Crippen LogP contribution is -2.26. The summed E-state index contributed by atoms with van der Waals surface area (Å²) < 4.78 is 4.96. The third-order valence-corrected chi connectivity index (χ3v) is 12.1. The Kier molecular flexibility index (Phi) is 6.43. The SMILES string of the molecule is CC1(C)c2ccccc2-n2c3ccccc3c3cc(-c4cccc5sc6cc(-c7nc(-c8ccccc8)nc(-c8ccccc8)n7)ccc6c45)cc1c32. The second kappa shape index (κ2) is 11.3. The molecule has 0 spiro atoms. The number of benzene rings is 7. The van der Waals surface area contributed by atoms with E-state index >= 15 is 0 Å². The van der Waals surface area contributed by atoms with Gasteiger partial charge in [-0.05, 0) is 58.7 Å². The van der Waals surface area contributed by atoms with Crippen molar-refractivity contribution in [3.63, 3.8) is 0 Å². The molecule has 0 bridgehead atoms. The molecule has 250 valence electrons. The quantitative estimate of drug-likeness (QED) is 0.184. The van der Waals surface area contributed by atoms with Gasteiger partial charge < -0.3 is 4.57 Å². The second-order valence-electron chi connectivity index (χ2n) is 14.4. The van der Waals surface area contributed by atoms with Gasteiger partial charge in [0.15, 0.2) is 17.5 Å². The number of rotatable bonds is 4. The van der Waals surface area contributed by atoms with Crippen molar-refractivity contribution in [2.75, 3.05) is 0 Å². The van der Waals surface area contributed by atoms with Gasteiger partial charge in [-0.25, -0.2) is 15.0 Å². The third-order valence-electron chi connectivity index (χ3n) is 11.0. The molecule has 0 atom stereocenters. The molecule has 4 nitrogen and oxygen atoms in total. The van der Waals surface area contributed by atoms with Gasteiger partial charge in [-0.1, -0.05) is 135 Å². The van der Waals surface area contributed by atoms with Crippen LogP contribution in [0.15, 0.2) is 158 Å². The van der Waals surface area contributed by atoms with Crippen LogP contribution in [0, 0.1) is 0 Å². The van der Waals surface area contributed by atoms with Crippen molar-refractivity contribution in [1.29, 1.82) is 0 Å². The van der Waals surface area contributed by atoms with Crippen LogP contribution >= 0.6 is 11.3 Å². The number of hydrogen-bond acceptors (Lipinski definition) is 4. The molecule has 1 aliphatic heterocycles. The molecule has 3 aromatic heterocycles. The van der Waals surface area contributed by atoms with Crippen LogP contribution in [0.3, 0.4) is 0 Å². The Labute approximate surface area is 310 Å². The van der Waals surface area contributed by atoms with Crippen LogP contribution in [-0.2, 0) is 5.41 Å². The molecule has 10 aromatic rings. The summed E-state index contributed by atoms with van der Waals surface area (Å²) in [6, 6.07) is 56.4. The summed E-state index contributed by atoms with van der Waals surface area (Å²) in [7, 11) is 0. The molecule has 0 aliphatic carbocycles. The predicted molar refractivity (Wildman–Crippen MR) is 221 cm³/mol. The molecule has 7 aromatic carbocycles. The molecule has 0 saturated heterocycles. The van der Waals surface area contributed by atoms with Crippen molar-refractivity contribution in [3.8, 4) is 51.0 Å². The van der Waals surface area contributed by atoms with Crippen molar-refractivity contribution < 1.29 is 0 Å². The molecule has 0 amide bonds. The molecule has 0 unspecified atom stereocenters. The minimum atomic E-state index is -0.170. The molecular formula is C48H32N4S. The number of fused-ring (bicyclic) bond motifs is 8. The Morgan fingerprint density at radius 2 is 1.13 bits per heavy atom. The van der Waals surface area contributed by atoms with E-state index in [0.29, 0.717) is 17.5 Å². The molecule has 1 aliphatic rings. The van der Waals surface area contributed by atoms with Crippen LogP contribution in [0.5, 0.6) is 0 Å². The Balaban J connectivity index is 1.11. The monoisotopic (exact) mass is 696 g/mol. The fraction of sp³-hybridized carbons (Fsp3) is 0.0625. The first kappa shape index (κ1) is 30.2. The molecule has 0 saturated carbocycles. The maximum absolute atomic E-state index is 5.02. The van der Waals surface area contributed by atoms with Gasteiger partial charge in [0.2, 0.25) is 0 Å². The zero-order chi connectivity index (χ0) is 35.3. The highest BCUT2D eigenvalue weighted by atomic mass is 32.1. The predicted octanol–water partition coefficient (Wildman–Crippen LogP) is 12.6. The van der Waals surface area contributed by atoms with Crippen LogP contribution in [0.4, 0.5) is 0 Å². The van der Waals surface area contributed by atoms with Crippen LogP contribution in [0.1, 0.15) is 25.0 Å². The van der Waals surface area contributed by atoms with E-state index in [1.165, 1.54) is 69.9 Å². The second-order valence-corrected chi connectivity index (χ2v) is 15.5. The van der Waals surface area contributed by atoms with Crippen molar-refractivity contribution in [3.05, 3.63) is 169 Å². The van der Waals surface area contributed by atoms with Crippen molar-refractivity contribution in [1.82, 2.24) is 19.5 Å². The minimum absolute atomic E-state index is 0.170. The Morgan fingerprint density at radius 1 is 0.472 bits per heavy atom. The lowest BCUT2D eigenvalue weighted by Gasteiger charge is -2.35. The molecular weight excluding hydrogens is 665 g/mol. The molecule has 11 rings (SSSR count). The van der Waals surface area contributed by atoms with Crippen molar-refractivity contribution in [2.24, 2.45) is 0 Å². The molecule has 5 heteroatoms. The van der Waals surface area contributed by atoms with Crippen LogP contribution in [0.25, 0.3) is 93.0 Å². The number of hydrogen-bond donors (Lipinski definition) is 0. The van der Waals surface area contributed by atoms with Gasteiger partial charge in [0, 0.05) is 53.1 Å². The first-order valence-corrected chi connectivity index (χ1v) is 18.9. The lowest BCUT2D eigenvalue weighted by atomic mass is 9.74. The molecule has 4 heterocycles. The van der Waals surface area contributed by atoms with Gasteiger partial charge in [-0.2, -0.15) is 0 Å². The summed E-state index contributed by atoms with van der Waals surface area (Å²) in [6.45, 7) is 4.75. The van der Waals surface area contributed by atoms with E-state index in [0.717, 1.165) is 16.7 Å². The van der Waals surface area contributed by atoms with Crippen LogP contribution in [-0.4, -0.2) is 19.5 Å². The zero-order valence-corrected chi connectivity index (χ0v) is 30.0. The average Bonchev–Trinajstić information content (AvgIpc) is 3.76.